The third kappa shape index (κ3) is 7.23. The minimum absolute atomic E-state index is 0.539. The molecular formula is C64H38N8. The second-order valence-electron chi connectivity index (χ2n) is 17.7. The van der Waals surface area contributed by atoms with Crippen molar-refractivity contribution in [2.24, 2.45) is 0 Å². The van der Waals surface area contributed by atoms with Crippen molar-refractivity contribution in [1.29, 1.82) is 10.5 Å². The molecule has 0 aliphatic carbocycles. The SMILES string of the molecule is N#Cc1cccc(-c2ccc3c(c2)c2ccccc2n3-c2ccnc(-c3cc(-c4nc(-c5ccccc5)nc(-c5ccccc5)n4)ccc3-n3c4ccccc4c4cc(-c5cccc(C#N)c5)ccc43)c2)c1. The Balaban J connectivity index is 1.04. The Morgan fingerprint density at radius 2 is 0.792 bits per heavy atom. The first-order valence-electron chi connectivity index (χ1n) is 23.6. The summed E-state index contributed by atoms with van der Waals surface area (Å²) in [5.74, 6) is 1.70. The molecule has 0 aliphatic rings. The summed E-state index contributed by atoms with van der Waals surface area (Å²) in [6.07, 6.45) is 1.89. The van der Waals surface area contributed by atoms with E-state index in [0.29, 0.717) is 28.6 Å². The van der Waals surface area contributed by atoms with E-state index in [0.717, 1.165) is 105 Å². The molecule has 4 heterocycles. The maximum absolute atomic E-state index is 9.74. The molecule has 4 aromatic heterocycles. The van der Waals surface area contributed by atoms with E-state index in [2.05, 4.69) is 149 Å². The topological polar surface area (TPSA) is 109 Å². The van der Waals surface area contributed by atoms with Crippen LogP contribution in [0.5, 0.6) is 0 Å². The van der Waals surface area contributed by atoms with Crippen molar-refractivity contribution in [3.8, 4) is 91.2 Å². The van der Waals surface area contributed by atoms with Crippen LogP contribution in [-0.2, 0) is 0 Å². The van der Waals surface area contributed by atoms with Gasteiger partial charge in [0.05, 0.1) is 56.7 Å². The van der Waals surface area contributed by atoms with Gasteiger partial charge >= 0.3 is 0 Å². The molecule has 9 aromatic carbocycles. The van der Waals surface area contributed by atoms with Gasteiger partial charge in [0.2, 0.25) is 0 Å². The van der Waals surface area contributed by atoms with Gasteiger partial charge in [0.1, 0.15) is 0 Å². The molecule has 72 heavy (non-hydrogen) atoms. The lowest BCUT2D eigenvalue weighted by atomic mass is 10.0. The van der Waals surface area contributed by atoms with Crippen molar-refractivity contribution in [3.63, 3.8) is 0 Å². The van der Waals surface area contributed by atoms with Gasteiger partial charge in [-0.25, -0.2) is 15.0 Å². The van der Waals surface area contributed by atoms with Gasteiger partial charge in [0.25, 0.3) is 0 Å². The molecule has 0 N–H and O–H groups in total. The Bertz CT molecular complexity index is 4310. The van der Waals surface area contributed by atoms with Crippen LogP contribution in [0.15, 0.2) is 231 Å². The van der Waals surface area contributed by atoms with Gasteiger partial charge in [0, 0.05) is 55.7 Å². The van der Waals surface area contributed by atoms with E-state index in [1.54, 1.807) is 0 Å². The lowest BCUT2D eigenvalue weighted by Crippen LogP contribution is -2.03. The zero-order chi connectivity index (χ0) is 48.1. The fourth-order valence-corrected chi connectivity index (χ4v) is 10.1. The van der Waals surface area contributed by atoms with Crippen LogP contribution in [0.25, 0.3) is 123 Å². The number of benzene rings is 9. The van der Waals surface area contributed by atoms with E-state index >= 15 is 0 Å². The quantitative estimate of drug-likeness (QED) is 0.150. The molecule has 0 bridgehead atoms. The van der Waals surface area contributed by atoms with Gasteiger partial charge in [-0.3, -0.25) is 4.98 Å². The van der Waals surface area contributed by atoms with E-state index in [4.69, 9.17) is 19.9 Å². The Morgan fingerprint density at radius 1 is 0.333 bits per heavy atom. The lowest BCUT2D eigenvalue weighted by Gasteiger charge is -2.17. The summed E-state index contributed by atoms with van der Waals surface area (Å²) in [5, 5.41) is 23.8. The van der Waals surface area contributed by atoms with Crippen LogP contribution in [0.2, 0.25) is 0 Å². The number of hydrogen-bond donors (Lipinski definition) is 0. The molecule has 0 radical (unpaired) electrons. The third-order valence-electron chi connectivity index (χ3n) is 13.5. The first-order valence-corrected chi connectivity index (χ1v) is 23.6. The third-order valence-corrected chi connectivity index (χ3v) is 13.5. The molecule has 0 saturated carbocycles. The van der Waals surface area contributed by atoms with E-state index in [9.17, 15) is 10.5 Å². The number of aromatic nitrogens is 6. The van der Waals surface area contributed by atoms with Crippen LogP contribution in [0.3, 0.4) is 0 Å². The molecule has 0 aliphatic heterocycles. The number of pyridine rings is 1. The van der Waals surface area contributed by atoms with Gasteiger partial charge in [-0.05, 0) is 113 Å². The van der Waals surface area contributed by atoms with Crippen molar-refractivity contribution < 1.29 is 0 Å². The largest absolute Gasteiger partial charge is 0.309 e. The molecule has 0 atom stereocenters. The minimum atomic E-state index is 0.539. The highest BCUT2D eigenvalue weighted by Gasteiger charge is 2.21. The molecule has 8 nitrogen and oxygen atoms in total. The first kappa shape index (κ1) is 41.9. The molecule has 0 amide bonds. The highest BCUT2D eigenvalue weighted by molar-refractivity contribution is 6.12. The number of hydrogen-bond acceptors (Lipinski definition) is 6. The smallest absolute Gasteiger partial charge is 0.164 e. The monoisotopic (exact) mass is 918 g/mol. The number of para-hydroxylation sites is 2. The van der Waals surface area contributed by atoms with Crippen molar-refractivity contribution in [3.05, 3.63) is 242 Å². The average molecular weight is 919 g/mol. The fraction of sp³-hybridized carbons (Fsp3) is 0. The summed E-state index contributed by atoms with van der Waals surface area (Å²) in [5.41, 5.74) is 15.6. The van der Waals surface area contributed by atoms with Gasteiger partial charge in [-0.2, -0.15) is 10.5 Å². The molecule has 0 spiro atoms. The maximum Gasteiger partial charge on any atom is 0.164 e. The summed E-state index contributed by atoms with van der Waals surface area (Å²) < 4.78 is 4.64. The van der Waals surface area contributed by atoms with Gasteiger partial charge in [0.15, 0.2) is 17.5 Å². The number of rotatable bonds is 8. The maximum atomic E-state index is 9.74. The van der Waals surface area contributed by atoms with Crippen LogP contribution >= 0.6 is 0 Å². The molecular weight excluding hydrogens is 881 g/mol. The normalized spacial score (nSPS) is 11.3. The predicted octanol–water partition coefficient (Wildman–Crippen LogP) is 15.2. The lowest BCUT2D eigenvalue weighted by molar-refractivity contribution is 1.07. The van der Waals surface area contributed by atoms with E-state index < -0.39 is 0 Å². The molecule has 0 fully saturated rings. The van der Waals surface area contributed by atoms with Crippen molar-refractivity contribution in [2.75, 3.05) is 0 Å². The van der Waals surface area contributed by atoms with Crippen LogP contribution in [-0.4, -0.2) is 29.1 Å². The Hall–Kier alpha value is -10.3. The summed E-state index contributed by atoms with van der Waals surface area (Å²) in [4.78, 5) is 20.5. The number of nitriles is 2. The predicted molar refractivity (Wildman–Crippen MR) is 288 cm³/mol. The Kier molecular flexibility index (Phi) is 10.1. The van der Waals surface area contributed by atoms with E-state index in [1.165, 1.54) is 0 Å². The standard InChI is InChI=1S/C64H38N8/c65-39-41-13-11-19-45(33-41)47-25-28-59-53(35-47)51-21-7-9-23-57(51)71(59)50-31-32-67-56(38-50)55-37-49(64-69-62(43-15-3-1-4-16-43)68-63(70-64)44-17-5-2-6-18-44)27-30-61(55)72-58-24-10-8-22-52(58)54-36-48(26-29-60(54)72)46-20-12-14-42(34-46)40-66/h1-38H. The first-order chi connectivity index (χ1) is 35.6. The second kappa shape index (κ2) is 17.4. The van der Waals surface area contributed by atoms with Gasteiger partial charge in [-0.1, -0.05) is 133 Å². The highest BCUT2D eigenvalue weighted by Crippen LogP contribution is 2.41. The Labute approximate surface area is 414 Å². The summed E-state index contributed by atoms with van der Waals surface area (Å²) >= 11 is 0. The summed E-state index contributed by atoms with van der Waals surface area (Å²) in [7, 11) is 0. The van der Waals surface area contributed by atoms with Crippen molar-refractivity contribution in [2.45, 2.75) is 0 Å². The number of nitrogens with zero attached hydrogens (tertiary/aromatic N) is 8. The summed E-state index contributed by atoms with van der Waals surface area (Å²) in [6, 6.07) is 80.9. The van der Waals surface area contributed by atoms with Gasteiger partial charge < -0.3 is 9.13 Å². The highest BCUT2D eigenvalue weighted by atomic mass is 15.0. The van der Waals surface area contributed by atoms with Crippen molar-refractivity contribution in [1.82, 2.24) is 29.1 Å². The number of fused-ring (bicyclic) bond motifs is 6. The minimum Gasteiger partial charge on any atom is -0.309 e. The molecule has 0 unspecified atom stereocenters. The van der Waals surface area contributed by atoms with Crippen LogP contribution in [0.1, 0.15) is 11.1 Å². The summed E-state index contributed by atoms with van der Waals surface area (Å²) in [6.45, 7) is 0. The zero-order valence-corrected chi connectivity index (χ0v) is 38.5. The molecule has 0 saturated heterocycles. The van der Waals surface area contributed by atoms with Crippen LogP contribution < -0.4 is 0 Å². The Morgan fingerprint density at radius 3 is 1.36 bits per heavy atom. The molecule has 8 heteroatoms. The molecule has 334 valence electrons. The average Bonchev–Trinajstić information content (AvgIpc) is 3.97. The van der Waals surface area contributed by atoms with Crippen LogP contribution in [0, 0.1) is 22.7 Å². The fourth-order valence-electron chi connectivity index (χ4n) is 10.1. The van der Waals surface area contributed by atoms with E-state index in [1.807, 2.05) is 103 Å². The zero-order valence-electron chi connectivity index (χ0n) is 38.5. The van der Waals surface area contributed by atoms with E-state index in [-0.39, 0.29) is 0 Å². The second-order valence-corrected chi connectivity index (χ2v) is 17.7. The van der Waals surface area contributed by atoms with Crippen molar-refractivity contribution >= 4 is 43.6 Å². The molecule has 13 rings (SSSR count). The molecule has 13 aromatic rings. The van der Waals surface area contributed by atoms with Crippen LogP contribution in [0.4, 0.5) is 0 Å². The van der Waals surface area contributed by atoms with Gasteiger partial charge in [-0.15, -0.1) is 0 Å².